The van der Waals surface area contributed by atoms with E-state index in [1.165, 1.54) is 0 Å². The minimum Gasteiger partial charge on any atom is -0.452 e. The molecule has 0 fully saturated rings. The molecule has 1 heterocycles. The van der Waals surface area contributed by atoms with E-state index < -0.39 is 5.97 Å². The minimum absolute atomic E-state index is 0.292. The highest BCUT2D eigenvalue weighted by Gasteiger charge is 2.11. The smallest absolute Gasteiger partial charge is 0.338 e. The molecule has 1 amide bonds. The molecule has 0 radical (unpaired) electrons. The number of fused-ring (bicyclic) bond motifs is 2. The van der Waals surface area contributed by atoms with Crippen molar-refractivity contribution in [3.05, 3.63) is 84.1 Å². The van der Waals surface area contributed by atoms with E-state index in [1.54, 1.807) is 12.1 Å². The molecule has 0 bridgehead atoms. The quantitative estimate of drug-likeness (QED) is 0.505. The van der Waals surface area contributed by atoms with Crippen LogP contribution in [0.2, 0.25) is 0 Å². The molecule has 0 spiro atoms. The Hall–Kier alpha value is -3.60. The fourth-order valence-electron chi connectivity index (χ4n) is 3.26. The van der Waals surface area contributed by atoms with E-state index in [1.807, 2.05) is 60.8 Å². The average Bonchev–Trinajstić information content (AvgIpc) is 3.15. The first-order valence-electron chi connectivity index (χ1n) is 9.18. The first-order chi connectivity index (χ1) is 13.7. The van der Waals surface area contributed by atoms with E-state index in [0.29, 0.717) is 18.5 Å². The van der Waals surface area contributed by atoms with E-state index in [9.17, 15) is 9.59 Å². The van der Waals surface area contributed by atoms with E-state index >= 15 is 0 Å². The van der Waals surface area contributed by atoms with Gasteiger partial charge in [-0.15, -0.1) is 0 Å². The lowest BCUT2D eigenvalue weighted by atomic mass is 10.1. The van der Waals surface area contributed by atoms with Crippen molar-refractivity contribution in [1.29, 1.82) is 0 Å². The maximum Gasteiger partial charge on any atom is 0.338 e. The Bertz CT molecular complexity index is 1150. The number of H-pyrrole nitrogens is 1. The van der Waals surface area contributed by atoms with Crippen molar-refractivity contribution in [3.63, 3.8) is 0 Å². The van der Waals surface area contributed by atoms with Crippen LogP contribution in [0.1, 0.15) is 15.9 Å². The van der Waals surface area contributed by atoms with Gasteiger partial charge in [-0.25, -0.2) is 4.79 Å². The number of esters is 1. The number of carbonyl (C=O) groups excluding carboxylic acids is 2. The molecule has 2 N–H and O–H groups in total. The maximum atomic E-state index is 12.2. The highest BCUT2D eigenvalue weighted by atomic mass is 16.5. The predicted molar refractivity (Wildman–Crippen MR) is 109 cm³/mol. The van der Waals surface area contributed by atoms with Gasteiger partial charge in [-0.1, -0.05) is 48.5 Å². The molecule has 0 aliphatic carbocycles. The first kappa shape index (κ1) is 17.8. The summed E-state index contributed by atoms with van der Waals surface area (Å²) in [4.78, 5) is 27.4. The van der Waals surface area contributed by atoms with E-state index in [4.69, 9.17) is 4.74 Å². The monoisotopic (exact) mass is 372 g/mol. The van der Waals surface area contributed by atoms with Crippen LogP contribution in [0.15, 0.2) is 72.9 Å². The lowest BCUT2D eigenvalue weighted by Crippen LogP contribution is -2.30. The number of benzene rings is 3. The third-order valence-corrected chi connectivity index (χ3v) is 4.71. The number of hydrogen-bond donors (Lipinski definition) is 2. The summed E-state index contributed by atoms with van der Waals surface area (Å²) in [5, 5.41) is 5.95. The Morgan fingerprint density at radius 2 is 1.71 bits per heavy atom. The Labute approximate surface area is 162 Å². The van der Waals surface area contributed by atoms with E-state index in [-0.39, 0.29) is 12.5 Å². The number of ether oxygens (including phenoxy) is 1. The standard InChI is InChI=1S/C23H20N2O3/c26-22(24-12-11-19-14-25-21-8-4-3-7-20(19)21)15-28-23(27)18-10-9-16-5-1-2-6-17(16)13-18/h1-10,13-14,25H,11-12,15H2,(H,24,26). The fraction of sp³-hybridized carbons (Fsp3) is 0.130. The maximum absolute atomic E-state index is 12.2. The SMILES string of the molecule is O=C(COC(=O)c1ccc2ccccc2c1)NCCc1c[nH]c2ccccc12. The summed E-state index contributed by atoms with van der Waals surface area (Å²) in [6.45, 7) is 0.188. The van der Waals surface area contributed by atoms with Crippen LogP contribution in [0, 0.1) is 0 Å². The van der Waals surface area contributed by atoms with Gasteiger partial charge in [0, 0.05) is 23.6 Å². The number of carbonyl (C=O) groups is 2. The largest absolute Gasteiger partial charge is 0.452 e. The van der Waals surface area contributed by atoms with Crippen molar-refractivity contribution < 1.29 is 14.3 Å². The number of hydrogen-bond acceptors (Lipinski definition) is 3. The molecule has 4 aromatic rings. The highest BCUT2D eigenvalue weighted by molar-refractivity contribution is 5.96. The number of aromatic nitrogens is 1. The van der Waals surface area contributed by atoms with Gasteiger partial charge >= 0.3 is 5.97 Å². The third-order valence-electron chi connectivity index (χ3n) is 4.71. The van der Waals surface area contributed by atoms with Crippen LogP contribution in [0.3, 0.4) is 0 Å². The molecule has 5 nitrogen and oxygen atoms in total. The van der Waals surface area contributed by atoms with E-state index in [0.717, 1.165) is 27.2 Å². The molecular weight excluding hydrogens is 352 g/mol. The third kappa shape index (κ3) is 3.88. The number of amides is 1. The summed E-state index contributed by atoms with van der Waals surface area (Å²) in [6, 6.07) is 21.2. The van der Waals surface area contributed by atoms with Crippen LogP contribution in [0.5, 0.6) is 0 Å². The van der Waals surface area contributed by atoms with Gasteiger partial charge in [0.2, 0.25) is 0 Å². The van der Waals surface area contributed by atoms with Gasteiger partial charge in [-0.2, -0.15) is 0 Å². The van der Waals surface area contributed by atoms with Crippen LogP contribution >= 0.6 is 0 Å². The fourth-order valence-corrected chi connectivity index (χ4v) is 3.26. The van der Waals surface area contributed by atoms with Crippen molar-refractivity contribution in [2.75, 3.05) is 13.2 Å². The van der Waals surface area contributed by atoms with Gasteiger partial charge in [0.15, 0.2) is 6.61 Å². The molecule has 0 saturated carbocycles. The first-order valence-corrected chi connectivity index (χ1v) is 9.18. The second kappa shape index (κ2) is 7.96. The summed E-state index contributed by atoms with van der Waals surface area (Å²) >= 11 is 0. The zero-order chi connectivity index (χ0) is 19.3. The van der Waals surface area contributed by atoms with Gasteiger partial charge < -0.3 is 15.0 Å². The minimum atomic E-state index is -0.502. The van der Waals surface area contributed by atoms with Gasteiger partial charge in [0.05, 0.1) is 5.56 Å². The van der Waals surface area contributed by atoms with Crippen molar-refractivity contribution in [3.8, 4) is 0 Å². The van der Waals surface area contributed by atoms with Gasteiger partial charge in [-0.3, -0.25) is 4.79 Å². The Balaban J connectivity index is 1.27. The molecule has 0 atom stereocenters. The van der Waals surface area contributed by atoms with Gasteiger partial charge in [0.25, 0.3) is 5.91 Å². The number of para-hydroxylation sites is 1. The molecule has 140 valence electrons. The summed E-state index contributed by atoms with van der Waals surface area (Å²) in [7, 11) is 0. The summed E-state index contributed by atoms with van der Waals surface area (Å²) in [5.41, 5.74) is 2.66. The number of nitrogens with one attached hydrogen (secondary N) is 2. The zero-order valence-electron chi connectivity index (χ0n) is 15.3. The average molecular weight is 372 g/mol. The van der Waals surface area contributed by atoms with Gasteiger partial charge in [-0.05, 0) is 41.0 Å². The molecule has 0 aliphatic rings. The zero-order valence-corrected chi connectivity index (χ0v) is 15.3. The van der Waals surface area contributed by atoms with Crippen LogP contribution in [-0.2, 0) is 16.0 Å². The molecule has 5 heteroatoms. The second-order valence-electron chi connectivity index (χ2n) is 6.60. The van der Waals surface area contributed by atoms with Crippen LogP contribution < -0.4 is 5.32 Å². The second-order valence-corrected chi connectivity index (χ2v) is 6.60. The van der Waals surface area contributed by atoms with Gasteiger partial charge in [0.1, 0.15) is 0 Å². The molecule has 28 heavy (non-hydrogen) atoms. The normalized spacial score (nSPS) is 10.9. The Morgan fingerprint density at radius 3 is 2.61 bits per heavy atom. The summed E-state index contributed by atoms with van der Waals surface area (Å²) in [5.74, 6) is -0.813. The Kier molecular flexibility index (Phi) is 5.06. The highest BCUT2D eigenvalue weighted by Crippen LogP contribution is 2.18. The molecule has 0 aliphatic heterocycles. The van der Waals surface area contributed by atoms with Crippen LogP contribution in [-0.4, -0.2) is 30.0 Å². The molecule has 4 rings (SSSR count). The van der Waals surface area contributed by atoms with E-state index in [2.05, 4.69) is 10.3 Å². The van der Waals surface area contributed by atoms with Crippen LogP contribution in [0.4, 0.5) is 0 Å². The van der Waals surface area contributed by atoms with Crippen molar-refractivity contribution in [2.24, 2.45) is 0 Å². The molecule has 0 unspecified atom stereocenters. The van der Waals surface area contributed by atoms with Crippen molar-refractivity contribution >= 4 is 33.6 Å². The van der Waals surface area contributed by atoms with Crippen LogP contribution in [0.25, 0.3) is 21.7 Å². The summed E-state index contributed by atoms with van der Waals surface area (Å²) < 4.78 is 5.14. The van der Waals surface area contributed by atoms with Crippen molar-refractivity contribution in [2.45, 2.75) is 6.42 Å². The molecule has 0 saturated heterocycles. The lowest BCUT2D eigenvalue weighted by Gasteiger charge is -2.07. The Morgan fingerprint density at radius 1 is 0.929 bits per heavy atom. The molecule has 3 aromatic carbocycles. The van der Waals surface area contributed by atoms with Crippen molar-refractivity contribution in [1.82, 2.24) is 10.3 Å². The summed E-state index contributed by atoms with van der Waals surface area (Å²) in [6.07, 6.45) is 2.66. The number of rotatable bonds is 6. The molecule has 1 aromatic heterocycles. The predicted octanol–water partition coefficient (Wildman–Crippen LogP) is 3.84. The lowest BCUT2D eigenvalue weighted by molar-refractivity contribution is -0.124. The number of aromatic amines is 1. The topological polar surface area (TPSA) is 71.2 Å². The molecular formula is C23H20N2O3.